The third-order valence-electron chi connectivity index (χ3n) is 4.93. The van der Waals surface area contributed by atoms with E-state index >= 15 is 0 Å². The Kier molecular flexibility index (Phi) is 9.70. The lowest BCUT2D eigenvalue weighted by Crippen LogP contribution is -2.46. The zero-order valence-electron chi connectivity index (χ0n) is 18.1. The lowest BCUT2D eigenvalue weighted by atomic mass is 10.2. The van der Waals surface area contributed by atoms with E-state index in [1.165, 1.54) is 0 Å². The number of hydrogen-bond donors (Lipinski definition) is 3. The molecule has 3 N–H and O–H groups in total. The average Bonchev–Trinajstić information content (AvgIpc) is 3.25. The summed E-state index contributed by atoms with van der Waals surface area (Å²) in [5.74, 6) is 2.01. The standard InChI is InChI=1S/C22H29N5O3.HI/c1-23-22(24-14-21(28)25-16-7-5-4-6-8-16)26-17-9-10-27(15-17)18-11-19(29-2)13-20(12-18)30-3;/h4-8,11-13,17H,9-10,14-15H2,1-3H3,(H,25,28)(H2,23,24,26);1H. The van der Waals surface area contributed by atoms with Gasteiger partial charge in [-0.1, -0.05) is 18.2 Å². The second kappa shape index (κ2) is 12.2. The van der Waals surface area contributed by atoms with Gasteiger partial charge in [-0.25, -0.2) is 0 Å². The Labute approximate surface area is 200 Å². The summed E-state index contributed by atoms with van der Waals surface area (Å²) in [7, 11) is 5.00. The molecule has 3 rings (SSSR count). The van der Waals surface area contributed by atoms with Gasteiger partial charge in [0, 0.05) is 55.8 Å². The fourth-order valence-electron chi connectivity index (χ4n) is 3.37. The van der Waals surface area contributed by atoms with E-state index in [1.54, 1.807) is 21.3 Å². The van der Waals surface area contributed by atoms with E-state index in [2.05, 4.69) is 25.8 Å². The number of rotatable bonds is 7. The van der Waals surface area contributed by atoms with Gasteiger partial charge in [0.05, 0.1) is 20.8 Å². The van der Waals surface area contributed by atoms with E-state index in [0.29, 0.717) is 5.96 Å². The minimum atomic E-state index is -0.124. The Bertz CT molecular complexity index is 856. The fraction of sp³-hybridized carbons (Fsp3) is 0.364. The van der Waals surface area contributed by atoms with Crippen LogP contribution in [0.3, 0.4) is 0 Å². The first-order valence-corrected chi connectivity index (χ1v) is 9.91. The number of halogens is 1. The minimum Gasteiger partial charge on any atom is -0.497 e. The van der Waals surface area contributed by atoms with Crippen molar-refractivity contribution in [3.8, 4) is 11.5 Å². The maximum atomic E-state index is 12.1. The van der Waals surface area contributed by atoms with E-state index in [1.807, 2.05) is 48.5 Å². The quantitative estimate of drug-likeness (QED) is 0.285. The van der Waals surface area contributed by atoms with Crippen molar-refractivity contribution in [3.05, 3.63) is 48.5 Å². The largest absolute Gasteiger partial charge is 0.497 e. The Morgan fingerprint density at radius 2 is 1.81 bits per heavy atom. The summed E-state index contributed by atoms with van der Waals surface area (Å²) >= 11 is 0. The van der Waals surface area contributed by atoms with Crippen molar-refractivity contribution in [2.45, 2.75) is 12.5 Å². The molecule has 0 bridgehead atoms. The van der Waals surface area contributed by atoms with Crippen LogP contribution in [-0.4, -0.2) is 58.8 Å². The minimum absolute atomic E-state index is 0. The van der Waals surface area contributed by atoms with Crippen LogP contribution >= 0.6 is 24.0 Å². The van der Waals surface area contributed by atoms with E-state index in [0.717, 1.165) is 42.4 Å². The third kappa shape index (κ3) is 7.20. The number of ether oxygens (including phenoxy) is 2. The predicted octanol–water partition coefficient (Wildman–Crippen LogP) is 2.70. The molecule has 168 valence electrons. The number of anilines is 2. The number of guanidine groups is 1. The summed E-state index contributed by atoms with van der Waals surface area (Å²) in [6, 6.07) is 15.5. The van der Waals surface area contributed by atoms with Crippen LogP contribution in [0.4, 0.5) is 11.4 Å². The molecule has 0 aliphatic carbocycles. The van der Waals surface area contributed by atoms with E-state index in [-0.39, 0.29) is 42.5 Å². The Hall–Kier alpha value is -2.69. The molecule has 2 aromatic rings. The molecule has 0 radical (unpaired) electrons. The monoisotopic (exact) mass is 539 g/mol. The highest BCUT2D eigenvalue weighted by Gasteiger charge is 2.24. The maximum absolute atomic E-state index is 12.1. The van der Waals surface area contributed by atoms with Crippen molar-refractivity contribution in [1.29, 1.82) is 0 Å². The van der Waals surface area contributed by atoms with Crippen LogP contribution in [0.2, 0.25) is 0 Å². The van der Waals surface area contributed by atoms with Crippen LogP contribution < -0.4 is 30.3 Å². The van der Waals surface area contributed by atoms with Crippen LogP contribution in [0.25, 0.3) is 0 Å². The number of hydrogen-bond acceptors (Lipinski definition) is 5. The summed E-state index contributed by atoms with van der Waals surface area (Å²) in [6.07, 6.45) is 0.955. The summed E-state index contributed by atoms with van der Waals surface area (Å²) < 4.78 is 10.7. The van der Waals surface area contributed by atoms with Crippen molar-refractivity contribution < 1.29 is 14.3 Å². The van der Waals surface area contributed by atoms with Gasteiger partial charge in [0.25, 0.3) is 0 Å². The fourth-order valence-corrected chi connectivity index (χ4v) is 3.37. The van der Waals surface area contributed by atoms with Crippen LogP contribution in [0, 0.1) is 0 Å². The van der Waals surface area contributed by atoms with Gasteiger partial charge in [-0.15, -0.1) is 24.0 Å². The van der Waals surface area contributed by atoms with E-state index in [4.69, 9.17) is 9.47 Å². The zero-order valence-corrected chi connectivity index (χ0v) is 20.4. The maximum Gasteiger partial charge on any atom is 0.243 e. The summed E-state index contributed by atoms with van der Waals surface area (Å²) in [6.45, 7) is 1.85. The number of aliphatic imine (C=N–C) groups is 1. The summed E-state index contributed by atoms with van der Waals surface area (Å²) in [5, 5.41) is 9.32. The number of benzene rings is 2. The second-order valence-corrected chi connectivity index (χ2v) is 6.99. The number of nitrogens with zero attached hydrogens (tertiary/aromatic N) is 2. The molecule has 1 aliphatic rings. The molecule has 2 aromatic carbocycles. The van der Waals surface area contributed by atoms with E-state index in [9.17, 15) is 4.79 Å². The first kappa shape index (κ1) is 24.6. The number of amides is 1. The Morgan fingerprint density at radius 1 is 1.13 bits per heavy atom. The summed E-state index contributed by atoms with van der Waals surface area (Å²) in [4.78, 5) is 18.7. The molecular formula is C22H30IN5O3. The molecule has 8 nitrogen and oxygen atoms in total. The smallest absolute Gasteiger partial charge is 0.243 e. The molecule has 1 amide bonds. The van der Waals surface area contributed by atoms with Crippen molar-refractivity contribution in [3.63, 3.8) is 0 Å². The van der Waals surface area contributed by atoms with Crippen molar-refractivity contribution in [1.82, 2.24) is 10.6 Å². The van der Waals surface area contributed by atoms with Crippen LogP contribution in [-0.2, 0) is 4.79 Å². The van der Waals surface area contributed by atoms with Crippen LogP contribution in [0.1, 0.15) is 6.42 Å². The molecule has 0 saturated carbocycles. The molecule has 1 atom stereocenters. The van der Waals surface area contributed by atoms with Crippen molar-refractivity contribution in [2.75, 3.05) is 51.1 Å². The van der Waals surface area contributed by atoms with Crippen LogP contribution in [0.5, 0.6) is 11.5 Å². The van der Waals surface area contributed by atoms with Crippen molar-refractivity contribution in [2.24, 2.45) is 4.99 Å². The number of carbonyl (C=O) groups excluding carboxylic acids is 1. The van der Waals surface area contributed by atoms with Crippen LogP contribution in [0.15, 0.2) is 53.5 Å². The molecule has 0 aromatic heterocycles. The normalized spacial score (nSPS) is 15.6. The number of methoxy groups -OCH3 is 2. The lowest BCUT2D eigenvalue weighted by molar-refractivity contribution is -0.115. The molecule has 0 spiro atoms. The lowest BCUT2D eigenvalue weighted by Gasteiger charge is -2.21. The van der Waals surface area contributed by atoms with Gasteiger partial charge < -0.3 is 30.3 Å². The number of para-hydroxylation sites is 1. The zero-order chi connectivity index (χ0) is 21.3. The molecule has 1 aliphatic heterocycles. The molecule has 31 heavy (non-hydrogen) atoms. The molecule has 1 saturated heterocycles. The molecule has 9 heteroatoms. The Morgan fingerprint density at radius 3 is 2.42 bits per heavy atom. The molecule has 1 heterocycles. The van der Waals surface area contributed by atoms with Gasteiger partial charge in [-0.2, -0.15) is 0 Å². The first-order valence-electron chi connectivity index (χ1n) is 9.91. The summed E-state index contributed by atoms with van der Waals surface area (Å²) in [5.41, 5.74) is 1.83. The average molecular weight is 539 g/mol. The number of carbonyl (C=O) groups is 1. The van der Waals surface area contributed by atoms with Gasteiger partial charge in [-0.05, 0) is 18.6 Å². The van der Waals surface area contributed by atoms with Gasteiger partial charge in [0.15, 0.2) is 5.96 Å². The topological polar surface area (TPSA) is 87.2 Å². The number of nitrogens with one attached hydrogen (secondary N) is 3. The van der Waals surface area contributed by atoms with Gasteiger partial charge in [0.2, 0.25) is 5.91 Å². The predicted molar refractivity (Wildman–Crippen MR) is 135 cm³/mol. The Balaban J connectivity index is 0.00000341. The first-order chi connectivity index (χ1) is 14.6. The molecular weight excluding hydrogens is 509 g/mol. The third-order valence-corrected chi connectivity index (χ3v) is 4.93. The van der Waals surface area contributed by atoms with E-state index < -0.39 is 0 Å². The van der Waals surface area contributed by atoms with Gasteiger partial charge in [0.1, 0.15) is 11.5 Å². The highest BCUT2D eigenvalue weighted by Crippen LogP contribution is 2.30. The highest BCUT2D eigenvalue weighted by atomic mass is 127. The van der Waals surface area contributed by atoms with Gasteiger partial charge >= 0.3 is 0 Å². The highest BCUT2D eigenvalue weighted by molar-refractivity contribution is 14.0. The molecule has 1 unspecified atom stereocenters. The SMILES string of the molecule is CN=C(NCC(=O)Nc1ccccc1)NC1CCN(c2cc(OC)cc(OC)c2)C1.I. The van der Waals surface area contributed by atoms with Crippen molar-refractivity contribution >= 4 is 47.2 Å². The molecule has 1 fully saturated rings. The second-order valence-electron chi connectivity index (χ2n) is 6.99. The van der Waals surface area contributed by atoms with Gasteiger partial charge in [-0.3, -0.25) is 9.79 Å².